The number of rotatable bonds is 7. The molecule has 0 bridgehead atoms. The van der Waals surface area contributed by atoms with Gasteiger partial charge >= 0.3 is 0 Å². The first-order valence-corrected chi connectivity index (χ1v) is 9.16. The molecule has 0 heterocycles. The van der Waals surface area contributed by atoms with Crippen LogP contribution in [0.2, 0.25) is 0 Å². The lowest BCUT2D eigenvalue weighted by Crippen LogP contribution is -2.47. The highest BCUT2D eigenvalue weighted by Gasteiger charge is 2.30. The van der Waals surface area contributed by atoms with Gasteiger partial charge in [-0.3, -0.25) is 0 Å². The molecule has 2 N–H and O–H groups in total. The lowest BCUT2D eigenvalue weighted by molar-refractivity contribution is 0.281. The summed E-state index contributed by atoms with van der Waals surface area (Å²) in [4.78, 5) is 0. The van der Waals surface area contributed by atoms with E-state index in [0.29, 0.717) is 18.5 Å². The predicted octanol–water partition coefficient (Wildman–Crippen LogP) is 2.26. The molecule has 1 aliphatic rings. The van der Waals surface area contributed by atoms with Crippen LogP contribution in [0.15, 0.2) is 0 Å². The van der Waals surface area contributed by atoms with E-state index in [1.54, 1.807) is 6.92 Å². The van der Waals surface area contributed by atoms with Crippen molar-refractivity contribution in [3.05, 3.63) is 0 Å². The van der Waals surface area contributed by atoms with Crippen LogP contribution in [-0.2, 0) is 10.0 Å². The van der Waals surface area contributed by atoms with Gasteiger partial charge in [-0.1, -0.05) is 40.0 Å². The number of hydrogen-bond donors (Lipinski definition) is 2. The van der Waals surface area contributed by atoms with E-state index in [1.807, 2.05) is 13.8 Å². The summed E-state index contributed by atoms with van der Waals surface area (Å²) in [5.41, 5.74) is 0. The van der Waals surface area contributed by atoms with Gasteiger partial charge in [0.15, 0.2) is 0 Å². The van der Waals surface area contributed by atoms with Crippen LogP contribution in [0, 0.1) is 5.92 Å². The molecule has 3 atom stereocenters. The van der Waals surface area contributed by atoms with Crippen LogP contribution >= 0.6 is 0 Å². The second-order valence-corrected chi connectivity index (χ2v) is 8.23. The van der Waals surface area contributed by atoms with Crippen LogP contribution in [-0.4, -0.2) is 32.3 Å². The number of nitrogens with one attached hydrogen (secondary N) is 2. The molecule has 5 heteroatoms. The van der Waals surface area contributed by atoms with E-state index in [1.165, 1.54) is 6.42 Å². The Hall–Kier alpha value is -0.130. The molecule has 114 valence electrons. The minimum absolute atomic E-state index is 0.144. The average Bonchev–Trinajstić information content (AvgIpc) is 2.36. The highest BCUT2D eigenvalue weighted by atomic mass is 32.2. The lowest BCUT2D eigenvalue weighted by Gasteiger charge is -2.32. The summed E-state index contributed by atoms with van der Waals surface area (Å²) >= 11 is 0. The number of sulfonamides is 1. The normalized spacial score (nSPS) is 26.6. The third kappa shape index (κ3) is 5.40. The van der Waals surface area contributed by atoms with Crippen molar-refractivity contribution in [3.8, 4) is 0 Å². The largest absolute Gasteiger partial charge is 0.313 e. The Morgan fingerprint density at radius 2 is 1.79 bits per heavy atom. The fourth-order valence-electron chi connectivity index (χ4n) is 2.69. The topological polar surface area (TPSA) is 58.2 Å². The van der Waals surface area contributed by atoms with Gasteiger partial charge in [0, 0.05) is 18.6 Å². The van der Waals surface area contributed by atoms with Crippen LogP contribution in [0.3, 0.4) is 0 Å². The second-order valence-electron chi connectivity index (χ2n) is 6.10. The SMILES string of the molecule is CCC1CCCCC1NS(=O)(=O)C(C)CNC(C)C. The van der Waals surface area contributed by atoms with Gasteiger partial charge in [0.05, 0.1) is 5.25 Å². The molecule has 0 amide bonds. The fourth-order valence-corrected chi connectivity index (χ4v) is 3.97. The summed E-state index contributed by atoms with van der Waals surface area (Å²) in [6.45, 7) is 8.50. The van der Waals surface area contributed by atoms with E-state index in [4.69, 9.17) is 0 Å². The summed E-state index contributed by atoms with van der Waals surface area (Å²) in [6, 6.07) is 0.459. The summed E-state index contributed by atoms with van der Waals surface area (Å²) in [6.07, 6.45) is 5.58. The Labute approximate surface area is 118 Å². The Balaban J connectivity index is 2.56. The highest BCUT2D eigenvalue weighted by Crippen LogP contribution is 2.27. The van der Waals surface area contributed by atoms with Gasteiger partial charge < -0.3 is 5.32 Å². The van der Waals surface area contributed by atoms with E-state index in [9.17, 15) is 8.42 Å². The summed E-state index contributed by atoms with van der Waals surface area (Å²) in [7, 11) is -3.21. The van der Waals surface area contributed by atoms with Crippen molar-refractivity contribution in [2.75, 3.05) is 6.54 Å². The Morgan fingerprint density at radius 1 is 1.16 bits per heavy atom. The van der Waals surface area contributed by atoms with Crippen LogP contribution in [0.25, 0.3) is 0 Å². The average molecular weight is 290 g/mol. The Morgan fingerprint density at radius 3 is 2.37 bits per heavy atom. The molecular formula is C14H30N2O2S. The first-order chi connectivity index (χ1) is 8.86. The maximum atomic E-state index is 12.3. The molecule has 4 nitrogen and oxygen atoms in total. The highest BCUT2D eigenvalue weighted by molar-refractivity contribution is 7.90. The molecule has 3 unspecified atom stereocenters. The molecule has 0 radical (unpaired) electrons. The van der Waals surface area contributed by atoms with Gasteiger partial charge in [0.1, 0.15) is 0 Å². The Bertz CT molecular complexity index is 354. The van der Waals surface area contributed by atoms with Crippen LogP contribution in [0.4, 0.5) is 0 Å². The van der Waals surface area contributed by atoms with Crippen molar-refractivity contribution in [1.29, 1.82) is 0 Å². The van der Waals surface area contributed by atoms with Gasteiger partial charge in [0.25, 0.3) is 0 Å². The Kier molecular flexibility index (Phi) is 6.77. The molecular weight excluding hydrogens is 260 g/mol. The maximum absolute atomic E-state index is 12.3. The predicted molar refractivity (Wildman–Crippen MR) is 80.7 cm³/mol. The zero-order valence-electron chi connectivity index (χ0n) is 12.8. The molecule has 1 saturated carbocycles. The fraction of sp³-hybridized carbons (Fsp3) is 1.00. The van der Waals surface area contributed by atoms with Crippen molar-refractivity contribution < 1.29 is 8.42 Å². The summed E-state index contributed by atoms with van der Waals surface area (Å²) in [5, 5.41) is 2.81. The van der Waals surface area contributed by atoms with Gasteiger partial charge in [-0.25, -0.2) is 13.1 Å². The standard InChI is InChI=1S/C14H30N2O2S/c1-5-13-8-6-7-9-14(13)16-19(17,18)12(4)10-15-11(2)3/h11-16H,5-10H2,1-4H3. The molecule has 0 saturated heterocycles. The molecule has 0 aromatic heterocycles. The second kappa shape index (κ2) is 7.60. The maximum Gasteiger partial charge on any atom is 0.215 e. The van der Waals surface area contributed by atoms with Crippen molar-refractivity contribution in [3.63, 3.8) is 0 Å². The van der Waals surface area contributed by atoms with Crippen molar-refractivity contribution >= 4 is 10.0 Å². The quantitative estimate of drug-likeness (QED) is 0.756. The van der Waals surface area contributed by atoms with Gasteiger partial charge in [-0.05, 0) is 25.7 Å². The monoisotopic (exact) mass is 290 g/mol. The summed E-state index contributed by atoms with van der Waals surface area (Å²) < 4.78 is 27.6. The summed E-state index contributed by atoms with van der Waals surface area (Å²) in [5.74, 6) is 0.508. The zero-order chi connectivity index (χ0) is 14.5. The van der Waals surface area contributed by atoms with Crippen LogP contribution < -0.4 is 10.0 Å². The van der Waals surface area contributed by atoms with Crippen LogP contribution in [0.5, 0.6) is 0 Å². The molecule has 0 aliphatic heterocycles. The third-order valence-corrected chi connectivity index (χ3v) is 5.95. The van der Waals surface area contributed by atoms with Crippen molar-refractivity contribution in [1.82, 2.24) is 10.0 Å². The molecule has 0 aromatic rings. The molecule has 1 fully saturated rings. The minimum atomic E-state index is -3.21. The first kappa shape index (κ1) is 16.9. The molecule has 19 heavy (non-hydrogen) atoms. The van der Waals surface area contributed by atoms with E-state index in [-0.39, 0.29) is 11.3 Å². The number of hydrogen-bond acceptors (Lipinski definition) is 3. The van der Waals surface area contributed by atoms with E-state index >= 15 is 0 Å². The van der Waals surface area contributed by atoms with Gasteiger partial charge in [-0.2, -0.15) is 0 Å². The lowest BCUT2D eigenvalue weighted by atomic mass is 9.83. The van der Waals surface area contributed by atoms with Gasteiger partial charge in [-0.15, -0.1) is 0 Å². The zero-order valence-corrected chi connectivity index (χ0v) is 13.6. The van der Waals surface area contributed by atoms with E-state index in [2.05, 4.69) is 17.0 Å². The third-order valence-electron chi connectivity index (χ3n) is 4.09. The molecule has 1 aliphatic carbocycles. The van der Waals surface area contributed by atoms with Crippen molar-refractivity contribution in [2.24, 2.45) is 5.92 Å². The van der Waals surface area contributed by atoms with E-state index in [0.717, 1.165) is 25.7 Å². The molecule has 1 rings (SSSR count). The van der Waals surface area contributed by atoms with E-state index < -0.39 is 10.0 Å². The minimum Gasteiger partial charge on any atom is -0.313 e. The molecule has 0 spiro atoms. The smallest absolute Gasteiger partial charge is 0.215 e. The first-order valence-electron chi connectivity index (χ1n) is 7.61. The van der Waals surface area contributed by atoms with Gasteiger partial charge in [0.2, 0.25) is 10.0 Å². The molecule has 0 aromatic carbocycles. The van der Waals surface area contributed by atoms with Crippen LogP contribution in [0.1, 0.15) is 59.8 Å². The van der Waals surface area contributed by atoms with Crippen molar-refractivity contribution in [2.45, 2.75) is 77.1 Å².